The SMILES string of the molecule is N#Cc1csc(C2SCCS2)c1. The van der Waals surface area contributed by atoms with Crippen molar-refractivity contribution >= 4 is 34.9 Å². The first-order chi connectivity index (χ1) is 5.90. The number of thiophene rings is 1. The number of hydrogen-bond acceptors (Lipinski definition) is 4. The molecule has 2 heterocycles. The van der Waals surface area contributed by atoms with Gasteiger partial charge in [-0.3, -0.25) is 0 Å². The summed E-state index contributed by atoms with van der Waals surface area (Å²) in [6.45, 7) is 0. The van der Waals surface area contributed by atoms with E-state index in [1.807, 2.05) is 35.0 Å². The van der Waals surface area contributed by atoms with Crippen molar-refractivity contribution in [1.82, 2.24) is 0 Å². The Morgan fingerprint density at radius 1 is 1.42 bits per heavy atom. The lowest BCUT2D eigenvalue weighted by Gasteiger charge is -2.01. The molecule has 0 atom stereocenters. The van der Waals surface area contributed by atoms with E-state index < -0.39 is 0 Å². The van der Waals surface area contributed by atoms with E-state index >= 15 is 0 Å². The fraction of sp³-hybridized carbons (Fsp3) is 0.375. The van der Waals surface area contributed by atoms with Crippen LogP contribution in [0.25, 0.3) is 0 Å². The molecule has 0 aromatic carbocycles. The molecule has 0 saturated carbocycles. The highest BCUT2D eigenvalue weighted by molar-refractivity contribution is 8.19. The maximum absolute atomic E-state index is 8.64. The van der Waals surface area contributed by atoms with Crippen molar-refractivity contribution in [2.75, 3.05) is 11.5 Å². The number of nitrogens with zero attached hydrogens (tertiary/aromatic N) is 1. The Bertz CT molecular complexity index is 306. The van der Waals surface area contributed by atoms with Gasteiger partial charge in [-0.2, -0.15) is 5.26 Å². The molecule has 2 rings (SSSR count). The molecule has 1 aliphatic rings. The highest BCUT2D eigenvalue weighted by Crippen LogP contribution is 2.47. The van der Waals surface area contributed by atoms with Gasteiger partial charge in [0.1, 0.15) is 6.07 Å². The third-order valence-electron chi connectivity index (χ3n) is 1.60. The number of thioether (sulfide) groups is 2. The normalized spacial score (nSPS) is 17.9. The molecule has 62 valence electrons. The van der Waals surface area contributed by atoms with Gasteiger partial charge in [0.05, 0.1) is 10.1 Å². The van der Waals surface area contributed by atoms with Gasteiger partial charge < -0.3 is 0 Å². The molecule has 1 aliphatic heterocycles. The first kappa shape index (κ1) is 8.49. The first-order valence-corrected chi connectivity index (χ1v) is 6.59. The average Bonchev–Trinajstić information content (AvgIpc) is 2.75. The van der Waals surface area contributed by atoms with E-state index in [9.17, 15) is 0 Å². The predicted octanol–water partition coefficient (Wildman–Crippen LogP) is 3.10. The second-order valence-electron chi connectivity index (χ2n) is 2.42. The van der Waals surface area contributed by atoms with Crippen molar-refractivity contribution in [3.63, 3.8) is 0 Å². The Morgan fingerprint density at radius 3 is 2.75 bits per heavy atom. The molecule has 1 saturated heterocycles. The van der Waals surface area contributed by atoms with Crippen LogP contribution in [0.3, 0.4) is 0 Å². The average molecular weight is 213 g/mol. The van der Waals surface area contributed by atoms with E-state index in [1.165, 1.54) is 16.4 Å². The smallest absolute Gasteiger partial charge is 0.100 e. The summed E-state index contributed by atoms with van der Waals surface area (Å²) in [6, 6.07) is 4.18. The molecule has 0 unspecified atom stereocenters. The maximum atomic E-state index is 8.64. The summed E-state index contributed by atoms with van der Waals surface area (Å²) in [5.74, 6) is 2.49. The highest BCUT2D eigenvalue weighted by Gasteiger charge is 2.19. The van der Waals surface area contributed by atoms with Crippen molar-refractivity contribution < 1.29 is 0 Å². The van der Waals surface area contributed by atoms with Gasteiger partial charge in [-0.05, 0) is 6.07 Å². The topological polar surface area (TPSA) is 23.8 Å². The lowest BCUT2D eigenvalue weighted by atomic mass is 10.3. The van der Waals surface area contributed by atoms with Gasteiger partial charge in [0.2, 0.25) is 0 Å². The van der Waals surface area contributed by atoms with E-state index in [0.717, 1.165) is 5.56 Å². The van der Waals surface area contributed by atoms with E-state index in [0.29, 0.717) is 4.58 Å². The molecule has 1 aromatic heterocycles. The van der Waals surface area contributed by atoms with Gasteiger partial charge in [0.25, 0.3) is 0 Å². The van der Waals surface area contributed by atoms with Crippen LogP contribution < -0.4 is 0 Å². The summed E-state index contributed by atoms with van der Waals surface area (Å²) in [7, 11) is 0. The van der Waals surface area contributed by atoms with Crippen LogP contribution in [0, 0.1) is 11.3 Å². The van der Waals surface area contributed by atoms with Crippen molar-refractivity contribution in [3.05, 3.63) is 21.9 Å². The van der Waals surface area contributed by atoms with E-state index in [-0.39, 0.29) is 0 Å². The van der Waals surface area contributed by atoms with Gasteiger partial charge >= 0.3 is 0 Å². The lowest BCUT2D eigenvalue weighted by molar-refractivity contribution is 1.47. The zero-order chi connectivity index (χ0) is 8.39. The number of nitriles is 1. The van der Waals surface area contributed by atoms with Crippen LogP contribution in [0.2, 0.25) is 0 Å². The quantitative estimate of drug-likeness (QED) is 0.716. The van der Waals surface area contributed by atoms with E-state index in [2.05, 4.69) is 6.07 Å². The van der Waals surface area contributed by atoms with Gasteiger partial charge in [-0.25, -0.2) is 0 Å². The van der Waals surface area contributed by atoms with Crippen LogP contribution in [-0.2, 0) is 0 Å². The molecule has 0 bridgehead atoms. The standard InChI is InChI=1S/C8H7NS3/c9-4-6-3-7(12-5-6)8-10-1-2-11-8/h3,5,8H,1-2H2. The van der Waals surface area contributed by atoms with Crippen LogP contribution in [0.5, 0.6) is 0 Å². The lowest BCUT2D eigenvalue weighted by Crippen LogP contribution is -1.76. The third-order valence-corrected chi connectivity index (χ3v) is 5.97. The van der Waals surface area contributed by atoms with Gasteiger partial charge in [0, 0.05) is 21.8 Å². The third kappa shape index (κ3) is 1.63. The summed E-state index contributed by atoms with van der Waals surface area (Å²) in [5.41, 5.74) is 0.808. The second-order valence-corrected chi connectivity index (χ2v) is 6.09. The molecule has 0 aliphatic carbocycles. The minimum absolute atomic E-state index is 0.595. The molecular weight excluding hydrogens is 206 g/mol. The Balaban J connectivity index is 2.17. The summed E-state index contributed by atoms with van der Waals surface area (Å²) in [4.78, 5) is 1.35. The Labute approximate surface area is 84.2 Å². The molecule has 1 nitrogen and oxygen atoms in total. The zero-order valence-corrected chi connectivity index (χ0v) is 8.77. The summed E-state index contributed by atoms with van der Waals surface area (Å²) < 4.78 is 0.595. The summed E-state index contributed by atoms with van der Waals surface area (Å²) >= 11 is 5.67. The van der Waals surface area contributed by atoms with Crippen LogP contribution in [-0.4, -0.2) is 11.5 Å². The molecule has 0 N–H and O–H groups in total. The predicted molar refractivity (Wildman–Crippen MR) is 56.7 cm³/mol. The zero-order valence-electron chi connectivity index (χ0n) is 6.32. The molecule has 4 heteroatoms. The molecule has 0 amide bonds. The molecule has 0 spiro atoms. The molecular formula is C8H7NS3. The van der Waals surface area contributed by atoms with Crippen LogP contribution >= 0.6 is 34.9 Å². The Hall–Kier alpha value is -0.110. The number of rotatable bonds is 1. The minimum atomic E-state index is 0.595. The molecule has 0 radical (unpaired) electrons. The maximum Gasteiger partial charge on any atom is 0.100 e. The Morgan fingerprint density at radius 2 is 2.17 bits per heavy atom. The van der Waals surface area contributed by atoms with E-state index in [1.54, 1.807) is 11.3 Å². The fourth-order valence-corrected chi connectivity index (χ4v) is 5.11. The van der Waals surface area contributed by atoms with Crippen molar-refractivity contribution in [2.45, 2.75) is 4.58 Å². The van der Waals surface area contributed by atoms with Gasteiger partial charge in [-0.1, -0.05) is 0 Å². The van der Waals surface area contributed by atoms with Crippen LogP contribution in [0.4, 0.5) is 0 Å². The summed E-state index contributed by atoms with van der Waals surface area (Å²) in [6.07, 6.45) is 0. The number of hydrogen-bond donors (Lipinski definition) is 0. The van der Waals surface area contributed by atoms with Crippen molar-refractivity contribution in [3.8, 4) is 6.07 Å². The Kier molecular flexibility index (Phi) is 2.64. The van der Waals surface area contributed by atoms with Gasteiger partial charge in [0.15, 0.2) is 0 Å². The molecule has 1 aromatic rings. The van der Waals surface area contributed by atoms with Crippen LogP contribution in [0.1, 0.15) is 15.0 Å². The largest absolute Gasteiger partial charge is 0.192 e. The van der Waals surface area contributed by atoms with Crippen molar-refractivity contribution in [1.29, 1.82) is 5.26 Å². The monoisotopic (exact) mass is 213 g/mol. The highest BCUT2D eigenvalue weighted by atomic mass is 32.2. The minimum Gasteiger partial charge on any atom is -0.192 e. The van der Waals surface area contributed by atoms with Crippen LogP contribution in [0.15, 0.2) is 11.4 Å². The molecule has 1 fully saturated rings. The van der Waals surface area contributed by atoms with E-state index in [4.69, 9.17) is 5.26 Å². The summed E-state index contributed by atoms with van der Waals surface area (Å²) in [5, 5.41) is 10.6. The molecule has 12 heavy (non-hydrogen) atoms. The fourth-order valence-electron chi connectivity index (χ4n) is 1.06. The first-order valence-electron chi connectivity index (χ1n) is 3.62. The second kappa shape index (κ2) is 3.73. The van der Waals surface area contributed by atoms with Crippen molar-refractivity contribution in [2.24, 2.45) is 0 Å². The van der Waals surface area contributed by atoms with Gasteiger partial charge in [-0.15, -0.1) is 34.9 Å².